The lowest BCUT2D eigenvalue weighted by molar-refractivity contribution is -0.00102. The number of hydrogen-bond donors (Lipinski definition) is 0. The zero-order valence-corrected chi connectivity index (χ0v) is 7.46. The summed E-state index contributed by atoms with van der Waals surface area (Å²) < 4.78 is 11.1. The van der Waals surface area contributed by atoms with Crippen LogP contribution >= 0.6 is 0 Å². The first-order valence-corrected chi connectivity index (χ1v) is 4.32. The van der Waals surface area contributed by atoms with Crippen LogP contribution in [0.3, 0.4) is 0 Å². The lowest BCUT2D eigenvalue weighted by atomic mass is 9.88. The van der Waals surface area contributed by atoms with Crippen molar-refractivity contribution in [2.24, 2.45) is 11.3 Å². The van der Waals surface area contributed by atoms with E-state index in [1.807, 2.05) is 0 Å². The molecule has 2 rings (SSSR count). The van der Waals surface area contributed by atoms with Crippen LogP contribution in [0.15, 0.2) is 0 Å². The van der Waals surface area contributed by atoms with Gasteiger partial charge in [-0.05, 0) is 12.3 Å². The van der Waals surface area contributed by atoms with Crippen LogP contribution in [0.1, 0.15) is 20.3 Å². The third-order valence-electron chi connectivity index (χ3n) is 3.19. The Labute approximate surface area is 67.9 Å². The Morgan fingerprint density at radius 1 is 1.55 bits per heavy atom. The second kappa shape index (κ2) is 2.20. The largest absolute Gasteiger partial charge is 0.378 e. The quantitative estimate of drug-likeness (QED) is 0.572. The van der Waals surface area contributed by atoms with E-state index in [0.717, 1.165) is 6.61 Å². The normalized spacial score (nSPS) is 55.4. The first-order chi connectivity index (χ1) is 5.17. The molecule has 1 saturated heterocycles. The van der Waals surface area contributed by atoms with Gasteiger partial charge in [0.15, 0.2) is 0 Å². The fourth-order valence-corrected chi connectivity index (χ4v) is 2.76. The van der Waals surface area contributed by atoms with Crippen LogP contribution < -0.4 is 0 Å². The molecule has 2 bridgehead atoms. The van der Waals surface area contributed by atoms with Crippen LogP contribution in [-0.4, -0.2) is 25.9 Å². The maximum Gasteiger partial charge on any atom is 0.0910 e. The maximum atomic E-state index is 5.65. The minimum absolute atomic E-state index is 0.304. The summed E-state index contributed by atoms with van der Waals surface area (Å²) in [6, 6.07) is 0. The molecule has 4 atom stereocenters. The molecule has 0 aromatic heterocycles. The van der Waals surface area contributed by atoms with Crippen molar-refractivity contribution in [3.63, 3.8) is 0 Å². The highest BCUT2D eigenvalue weighted by molar-refractivity contribution is 5.04. The van der Waals surface area contributed by atoms with Gasteiger partial charge in [0.2, 0.25) is 0 Å². The summed E-state index contributed by atoms with van der Waals surface area (Å²) in [4.78, 5) is 0. The van der Waals surface area contributed by atoms with Gasteiger partial charge in [-0.15, -0.1) is 0 Å². The molecular weight excluding hydrogens is 140 g/mol. The third-order valence-corrected chi connectivity index (χ3v) is 3.19. The number of ether oxygens (including phenoxy) is 2. The Morgan fingerprint density at radius 3 is 2.55 bits per heavy atom. The van der Waals surface area contributed by atoms with Crippen molar-refractivity contribution >= 4 is 0 Å². The fraction of sp³-hybridized carbons (Fsp3) is 1.00. The number of fused-ring (bicyclic) bond motifs is 2. The van der Waals surface area contributed by atoms with E-state index in [-0.39, 0.29) is 0 Å². The lowest BCUT2D eigenvalue weighted by Gasteiger charge is -2.24. The van der Waals surface area contributed by atoms with Crippen molar-refractivity contribution in [1.29, 1.82) is 0 Å². The van der Waals surface area contributed by atoms with Gasteiger partial charge in [0, 0.05) is 12.5 Å². The topological polar surface area (TPSA) is 18.5 Å². The van der Waals surface area contributed by atoms with E-state index in [2.05, 4.69) is 13.8 Å². The Balaban J connectivity index is 2.22. The Bertz CT molecular complexity index is 169. The highest BCUT2D eigenvalue weighted by Crippen LogP contribution is 2.50. The molecule has 2 heteroatoms. The van der Waals surface area contributed by atoms with Crippen molar-refractivity contribution in [3.8, 4) is 0 Å². The zero-order chi connectivity index (χ0) is 8.06. The van der Waals surface area contributed by atoms with Crippen LogP contribution in [0.25, 0.3) is 0 Å². The van der Waals surface area contributed by atoms with E-state index < -0.39 is 0 Å². The molecule has 0 aromatic rings. The predicted octanol–water partition coefficient (Wildman–Crippen LogP) is 1.45. The van der Waals surface area contributed by atoms with E-state index in [0.29, 0.717) is 23.5 Å². The van der Waals surface area contributed by atoms with Gasteiger partial charge < -0.3 is 9.47 Å². The molecule has 0 aromatic carbocycles. The summed E-state index contributed by atoms with van der Waals surface area (Å²) in [5.74, 6) is 0.679. The minimum atomic E-state index is 0.304. The summed E-state index contributed by atoms with van der Waals surface area (Å²) in [6.45, 7) is 5.41. The van der Waals surface area contributed by atoms with Crippen LogP contribution in [0.2, 0.25) is 0 Å². The van der Waals surface area contributed by atoms with E-state index in [9.17, 15) is 0 Å². The van der Waals surface area contributed by atoms with E-state index in [4.69, 9.17) is 9.47 Å². The van der Waals surface area contributed by atoms with Crippen molar-refractivity contribution in [1.82, 2.24) is 0 Å². The average molecular weight is 156 g/mol. The zero-order valence-electron chi connectivity index (χ0n) is 7.46. The molecule has 1 saturated carbocycles. The minimum Gasteiger partial charge on any atom is -0.378 e. The van der Waals surface area contributed by atoms with E-state index in [1.54, 1.807) is 7.11 Å². The average Bonchev–Trinajstić information content (AvgIpc) is 2.36. The van der Waals surface area contributed by atoms with Gasteiger partial charge in [0.25, 0.3) is 0 Å². The fourth-order valence-electron chi connectivity index (χ4n) is 2.76. The molecule has 64 valence electrons. The highest BCUT2D eigenvalue weighted by Gasteiger charge is 2.55. The predicted molar refractivity (Wildman–Crippen MR) is 42.4 cm³/mol. The molecule has 2 fully saturated rings. The van der Waals surface area contributed by atoms with Crippen LogP contribution in [0, 0.1) is 11.3 Å². The van der Waals surface area contributed by atoms with Crippen molar-refractivity contribution < 1.29 is 9.47 Å². The standard InChI is InChI=1S/C9H16O2/c1-6-4-9(2)5-11-7(6)8(9)10-3/h6-8H,4-5H2,1-3H3. The molecule has 0 radical (unpaired) electrons. The summed E-state index contributed by atoms with van der Waals surface area (Å²) in [5, 5.41) is 0. The Hall–Kier alpha value is -0.0800. The second-order valence-corrected chi connectivity index (χ2v) is 4.27. The molecule has 1 aliphatic heterocycles. The van der Waals surface area contributed by atoms with Gasteiger partial charge in [-0.3, -0.25) is 0 Å². The van der Waals surface area contributed by atoms with E-state index in [1.165, 1.54) is 6.42 Å². The van der Waals surface area contributed by atoms with Gasteiger partial charge in [-0.25, -0.2) is 0 Å². The summed E-state index contributed by atoms with van der Waals surface area (Å²) in [7, 11) is 1.79. The van der Waals surface area contributed by atoms with Gasteiger partial charge in [0.1, 0.15) is 0 Å². The first-order valence-electron chi connectivity index (χ1n) is 4.32. The molecule has 11 heavy (non-hydrogen) atoms. The Kier molecular flexibility index (Phi) is 1.52. The summed E-state index contributed by atoms with van der Waals surface area (Å²) >= 11 is 0. The SMILES string of the molecule is COC1C2OCC1(C)CC2C. The van der Waals surface area contributed by atoms with Crippen molar-refractivity contribution in [2.45, 2.75) is 32.5 Å². The Morgan fingerprint density at radius 2 is 2.27 bits per heavy atom. The molecule has 2 aliphatic rings. The summed E-state index contributed by atoms with van der Waals surface area (Å²) in [6.07, 6.45) is 1.97. The highest BCUT2D eigenvalue weighted by atomic mass is 16.6. The van der Waals surface area contributed by atoms with Gasteiger partial charge >= 0.3 is 0 Å². The van der Waals surface area contributed by atoms with E-state index >= 15 is 0 Å². The smallest absolute Gasteiger partial charge is 0.0910 e. The van der Waals surface area contributed by atoms with Crippen molar-refractivity contribution in [3.05, 3.63) is 0 Å². The summed E-state index contributed by atoms with van der Waals surface area (Å²) in [5.41, 5.74) is 0.304. The third kappa shape index (κ3) is 0.859. The van der Waals surface area contributed by atoms with Crippen LogP contribution in [0.5, 0.6) is 0 Å². The number of methoxy groups -OCH3 is 1. The molecule has 0 amide bonds. The molecule has 4 unspecified atom stereocenters. The van der Waals surface area contributed by atoms with Gasteiger partial charge in [0.05, 0.1) is 18.8 Å². The van der Waals surface area contributed by atoms with Gasteiger partial charge in [-0.2, -0.15) is 0 Å². The van der Waals surface area contributed by atoms with Crippen LogP contribution in [0.4, 0.5) is 0 Å². The first kappa shape index (κ1) is 7.56. The monoisotopic (exact) mass is 156 g/mol. The molecular formula is C9H16O2. The number of hydrogen-bond acceptors (Lipinski definition) is 2. The molecule has 0 spiro atoms. The number of rotatable bonds is 1. The second-order valence-electron chi connectivity index (χ2n) is 4.27. The molecule has 1 aliphatic carbocycles. The van der Waals surface area contributed by atoms with Gasteiger partial charge in [-0.1, -0.05) is 13.8 Å². The molecule has 2 nitrogen and oxygen atoms in total. The molecule has 0 N–H and O–H groups in total. The maximum absolute atomic E-state index is 5.65. The molecule has 1 heterocycles. The lowest BCUT2D eigenvalue weighted by Crippen LogP contribution is -2.29. The van der Waals surface area contributed by atoms with Crippen LogP contribution in [-0.2, 0) is 9.47 Å². The van der Waals surface area contributed by atoms with Crippen molar-refractivity contribution in [2.75, 3.05) is 13.7 Å².